The lowest BCUT2D eigenvalue weighted by molar-refractivity contribution is 0.298. The molecular weight excluding hydrogens is 422 g/mol. The Morgan fingerprint density at radius 2 is 2.07 bits per heavy atom. The van der Waals surface area contributed by atoms with Gasteiger partial charge in [-0.15, -0.1) is 0 Å². The van der Waals surface area contributed by atoms with E-state index in [1.54, 1.807) is 0 Å². The number of phenolic OH excluding ortho intramolecular Hbond substituents is 1. The molecule has 0 radical (unpaired) electrons. The van der Waals surface area contributed by atoms with Crippen LogP contribution in [0.3, 0.4) is 0 Å². The molecule has 30 heavy (non-hydrogen) atoms. The minimum Gasteiger partial charge on any atom is -0.508 e. The van der Waals surface area contributed by atoms with E-state index in [2.05, 4.69) is 20.7 Å². The van der Waals surface area contributed by atoms with Crippen molar-refractivity contribution in [3.05, 3.63) is 65.3 Å². The average molecular weight is 446 g/mol. The van der Waals surface area contributed by atoms with Crippen molar-refractivity contribution < 1.29 is 13.5 Å². The fraction of sp³-hybridized carbons (Fsp3) is 0.273. The standard InChI is InChI=1S/C22H24ClN3O3S/c23-17-5-6-22-20(13-17)21(15-24-22)16-7-11-26(12-8-16)10-2-9-25-30(28,29)19-4-1-3-18(27)14-19/h1,3-7,13-15,24-25,27H,2,8-12H2. The van der Waals surface area contributed by atoms with Crippen LogP contribution < -0.4 is 4.72 Å². The molecule has 0 aliphatic carbocycles. The van der Waals surface area contributed by atoms with Crippen LogP contribution in [0.2, 0.25) is 5.02 Å². The minimum absolute atomic E-state index is 0.0637. The number of nitrogens with one attached hydrogen (secondary N) is 2. The van der Waals surface area contributed by atoms with E-state index in [0.717, 1.165) is 42.0 Å². The summed E-state index contributed by atoms with van der Waals surface area (Å²) in [5, 5.41) is 11.3. The molecule has 0 bridgehead atoms. The second kappa shape index (κ2) is 8.81. The lowest BCUT2D eigenvalue weighted by Crippen LogP contribution is -2.32. The van der Waals surface area contributed by atoms with E-state index in [0.29, 0.717) is 13.0 Å². The van der Waals surface area contributed by atoms with Crippen molar-refractivity contribution in [2.24, 2.45) is 0 Å². The third kappa shape index (κ3) is 4.70. The van der Waals surface area contributed by atoms with E-state index >= 15 is 0 Å². The van der Waals surface area contributed by atoms with Crippen molar-refractivity contribution in [1.82, 2.24) is 14.6 Å². The number of hydrogen-bond donors (Lipinski definition) is 3. The zero-order chi connectivity index (χ0) is 21.1. The van der Waals surface area contributed by atoms with E-state index < -0.39 is 10.0 Å². The maximum Gasteiger partial charge on any atom is 0.240 e. The minimum atomic E-state index is -3.60. The molecule has 0 saturated heterocycles. The van der Waals surface area contributed by atoms with E-state index in [4.69, 9.17) is 11.6 Å². The van der Waals surface area contributed by atoms with E-state index in [1.807, 2.05) is 24.4 Å². The zero-order valence-corrected chi connectivity index (χ0v) is 18.0. The molecule has 0 unspecified atom stereocenters. The van der Waals surface area contributed by atoms with Crippen molar-refractivity contribution in [2.45, 2.75) is 17.7 Å². The summed E-state index contributed by atoms with van der Waals surface area (Å²) in [6.45, 7) is 2.93. The lowest BCUT2D eigenvalue weighted by atomic mass is 9.99. The van der Waals surface area contributed by atoms with Gasteiger partial charge in [-0.2, -0.15) is 0 Å². The Kier molecular flexibility index (Phi) is 6.15. The average Bonchev–Trinajstić information content (AvgIpc) is 3.15. The van der Waals surface area contributed by atoms with Crippen LogP contribution in [0.4, 0.5) is 0 Å². The monoisotopic (exact) mass is 445 g/mol. The van der Waals surface area contributed by atoms with Crippen LogP contribution in [-0.2, 0) is 10.0 Å². The predicted octanol–water partition coefficient (Wildman–Crippen LogP) is 3.98. The van der Waals surface area contributed by atoms with Gasteiger partial charge in [0.25, 0.3) is 0 Å². The number of benzene rings is 2. The van der Waals surface area contributed by atoms with E-state index in [9.17, 15) is 13.5 Å². The van der Waals surface area contributed by atoms with Crippen LogP contribution >= 0.6 is 11.6 Å². The quantitative estimate of drug-likeness (QED) is 0.480. The van der Waals surface area contributed by atoms with Crippen molar-refractivity contribution in [2.75, 3.05) is 26.2 Å². The van der Waals surface area contributed by atoms with Gasteiger partial charge in [-0.25, -0.2) is 13.1 Å². The second-order valence-corrected chi connectivity index (χ2v) is 9.62. The van der Waals surface area contributed by atoms with Gasteiger partial charge in [0.15, 0.2) is 0 Å². The third-order valence-electron chi connectivity index (χ3n) is 5.35. The predicted molar refractivity (Wildman–Crippen MR) is 120 cm³/mol. The van der Waals surface area contributed by atoms with Crippen LogP contribution in [-0.4, -0.2) is 49.6 Å². The number of nitrogens with zero attached hydrogens (tertiary/aromatic N) is 1. The van der Waals surface area contributed by atoms with Crippen LogP contribution in [0, 0.1) is 0 Å². The lowest BCUT2D eigenvalue weighted by Gasteiger charge is -2.26. The number of halogens is 1. The number of aromatic hydroxyl groups is 1. The van der Waals surface area contributed by atoms with Crippen molar-refractivity contribution in [3.63, 3.8) is 0 Å². The molecule has 3 N–H and O–H groups in total. The smallest absolute Gasteiger partial charge is 0.240 e. The third-order valence-corrected chi connectivity index (χ3v) is 7.05. The molecule has 8 heteroatoms. The summed E-state index contributed by atoms with van der Waals surface area (Å²) >= 11 is 6.16. The highest BCUT2D eigenvalue weighted by molar-refractivity contribution is 7.89. The van der Waals surface area contributed by atoms with Gasteiger partial charge < -0.3 is 10.1 Å². The van der Waals surface area contributed by atoms with Gasteiger partial charge in [-0.3, -0.25) is 4.90 Å². The topological polar surface area (TPSA) is 85.4 Å². The van der Waals surface area contributed by atoms with Crippen molar-refractivity contribution >= 4 is 38.1 Å². The fourth-order valence-corrected chi connectivity index (χ4v) is 5.05. The molecule has 0 fully saturated rings. The molecule has 0 atom stereocenters. The number of aromatic nitrogens is 1. The maximum absolute atomic E-state index is 12.3. The summed E-state index contributed by atoms with van der Waals surface area (Å²) in [6.07, 6.45) is 5.93. The van der Waals surface area contributed by atoms with Gasteiger partial charge in [0.1, 0.15) is 5.75 Å². The Bertz CT molecular complexity index is 1190. The molecule has 0 spiro atoms. The largest absolute Gasteiger partial charge is 0.508 e. The highest BCUT2D eigenvalue weighted by atomic mass is 35.5. The number of H-pyrrole nitrogens is 1. The molecule has 158 valence electrons. The van der Waals surface area contributed by atoms with Crippen molar-refractivity contribution in [1.29, 1.82) is 0 Å². The Labute approximate surface area is 181 Å². The van der Waals surface area contributed by atoms with Gasteiger partial charge in [-0.05, 0) is 61.4 Å². The first-order chi connectivity index (χ1) is 14.4. The van der Waals surface area contributed by atoms with E-state index in [1.165, 1.54) is 35.4 Å². The van der Waals surface area contributed by atoms with Gasteiger partial charge in [0.2, 0.25) is 10.0 Å². The summed E-state index contributed by atoms with van der Waals surface area (Å²) < 4.78 is 27.2. The van der Waals surface area contributed by atoms with Crippen LogP contribution in [0.15, 0.2) is 59.6 Å². The van der Waals surface area contributed by atoms with Crippen LogP contribution in [0.5, 0.6) is 5.75 Å². The highest BCUT2D eigenvalue weighted by Gasteiger charge is 2.17. The summed E-state index contributed by atoms with van der Waals surface area (Å²) in [5.74, 6) is -0.0637. The van der Waals surface area contributed by atoms with Gasteiger partial charge >= 0.3 is 0 Å². The molecular formula is C22H24ClN3O3S. The van der Waals surface area contributed by atoms with Gasteiger partial charge in [-0.1, -0.05) is 23.7 Å². The Morgan fingerprint density at radius 1 is 1.20 bits per heavy atom. The number of rotatable bonds is 7. The molecule has 4 rings (SSSR count). The summed E-state index contributed by atoms with van der Waals surface area (Å²) in [5.41, 5.74) is 3.59. The molecule has 0 amide bonds. The fourth-order valence-electron chi connectivity index (χ4n) is 3.76. The Morgan fingerprint density at radius 3 is 2.83 bits per heavy atom. The second-order valence-electron chi connectivity index (χ2n) is 7.42. The first-order valence-corrected chi connectivity index (χ1v) is 11.8. The molecule has 2 aromatic carbocycles. The van der Waals surface area contributed by atoms with Crippen molar-refractivity contribution in [3.8, 4) is 5.75 Å². The van der Waals surface area contributed by atoms with Gasteiger partial charge in [0, 0.05) is 47.3 Å². The normalized spacial score (nSPS) is 15.4. The highest BCUT2D eigenvalue weighted by Crippen LogP contribution is 2.30. The molecule has 0 saturated carbocycles. The number of fused-ring (bicyclic) bond motifs is 1. The van der Waals surface area contributed by atoms with Crippen LogP contribution in [0.1, 0.15) is 18.4 Å². The number of hydrogen-bond acceptors (Lipinski definition) is 4. The Hall–Kier alpha value is -2.32. The number of sulfonamides is 1. The number of aromatic amines is 1. The first-order valence-electron chi connectivity index (χ1n) is 9.89. The number of phenols is 1. The first kappa shape index (κ1) is 20.9. The summed E-state index contributed by atoms with van der Waals surface area (Å²) in [7, 11) is -3.60. The van der Waals surface area contributed by atoms with Crippen LogP contribution in [0.25, 0.3) is 16.5 Å². The molecule has 6 nitrogen and oxygen atoms in total. The maximum atomic E-state index is 12.3. The zero-order valence-electron chi connectivity index (χ0n) is 16.4. The summed E-state index contributed by atoms with van der Waals surface area (Å²) in [4.78, 5) is 5.69. The van der Waals surface area contributed by atoms with Gasteiger partial charge in [0.05, 0.1) is 4.90 Å². The SMILES string of the molecule is O=S(=O)(NCCCN1CC=C(c2c[nH]c3ccc(Cl)cc23)CC1)c1cccc(O)c1. The summed E-state index contributed by atoms with van der Waals surface area (Å²) in [6, 6.07) is 11.6. The molecule has 1 aliphatic heterocycles. The van der Waals surface area contributed by atoms with E-state index in [-0.39, 0.29) is 10.6 Å². The molecule has 3 aromatic rings. The molecule has 1 aliphatic rings. The molecule has 1 aromatic heterocycles. The Balaban J connectivity index is 1.29. The molecule has 2 heterocycles.